The Morgan fingerprint density at radius 2 is 1.85 bits per heavy atom. The molecular weight excluding hydrogens is 346 g/mol. The van der Waals surface area contributed by atoms with E-state index in [4.69, 9.17) is 14.2 Å². The molecule has 0 radical (unpaired) electrons. The van der Waals surface area contributed by atoms with E-state index >= 15 is 0 Å². The van der Waals surface area contributed by atoms with Gasteiger partial charge in [0, 0.05) is 37.2 Å². The van der Waals surface area contributed by atoms with E-state index < -0.39 is 11.9 Å². The van der Waals surface area contributed by atoms with E-state index in [9.17, 15) is 9.90 Å². The predicted octanol–water partition coefficient (Wildman–Crippen LogP) is 2.77. The summed E-state index contributed by atoms with van der Waals surface area (Å²) in [6, 6.07) is 13.7. The van der Waals surface area contributed by atoms with Crippen LogP contribution in [0.1, 0.15) is 17.0 Å². The van der Waals surface area contributed by atoms with E-state index in [1.165, 1.54) is 0 Å². The van der Waals surface area contributed by atoms with Crippen LogP contribution in [-0.4, -0.2) is 49.4 Å². The molecule has 0 spiro atoms. The number of benzene rings is 2. The molecule has 27 heavy (non-hydrogen) atoms. The summed E-state index contributed by atoms with van der Waals surface area (Å²) in [7, 11) is 1.63. The molecule has 2 aliphatic rings. The fraction of sp³-hybridized carbons (Fsp3) is 0.381. The lowest BCUT2D eigenvalue weighted by atomic mass is 9.89. The molecule has 0 unspecified atom stereocenters. The number of ether oxygens (including phenoxy) is 3. The maximum atomic E-state index is 11.8. The highest BCUT2D eigenvalue weighted by Crippen LogP contribution is 2.39. The van der Waals surface area contributed by atoms with Crippen molar-refractivity contribution >= 4 is 5.97 Å². The predicted molar refractivity (Wildman–Crippen MR) is 99.6 cm³/mol. The van der Waals surface area contributed by atoms with Gasteiger partial charge in [0.25, 0.3) is 0 Å². The Balaban J connectivity index is 1.57. The highest BCUT2D eigenvalue weighted by atomic mass is 16.6. The first-order valence-corrected chi connectivity index (χ1v) is 9.12. The van der Waals surface area contributed by atoms with Crippen molar-refractivity contribution < 1.29 is 24.1 Å². The molecule has 1 N–H and O–H groups in total. The zero-order valence-electron chi connectivity index (χ0n) is 15.3. The summed E-state index contributed by atoms with van der Waals surface area (Å²) in [6.45, 7) is 2.86. The van der Waals surface area contributed by atoms with Gasteiger partial charge in [-0.15, -0.1) is 0 Å². The molecule has 0 bridgehead atoms. The molecule has 2 aliphatic heterocycles. The summed E-state index contributed by atoms with van der Waals surface area (Å²) in [5, 5.41) is 9.70. The number of methoxy groups -OCH3 is 1. The molecule has 142 valence electrons. The summed E-state index contributed by atoms with van der Waals surface area (Å²) in [4.78, 5) is 14.0. The van der Waals surface area contributed by atoms with E-state index in [2.05, 4.69) is 4.90 Å². The van der Waals surface area contributed by atoms with Crippen molar-refractivity contribution in [3.05, 3.63) is 53.6 Å². The number of carbonyl (C=O) groups is 1. The topological polar surface area (TPSA) is 68.2 Å². The van der Waals surface area contributed by atoms with Gasteiger partial charge in [0.1, 0.15) is 19.0 Å². The van der Waals surface area contributed by atoms with Crippen molar-refractivity contribution in [1.29, 1.82) is 0 Å². The fourth-order valence-electron chi connectivity index (χ4n) is 3.97. The lowest BCUT2D eigenvalue weighted by Gasteiger charge is -2.23. The van der Waals surface area contributed by atoms with Gasteiger partial charge in [-0.2, -0.15) is 0 Å². The Hall–Kier alpha value is -2.73. The van der Waals surface area contributed by atoms with Crippen LogP contribution >= 0.6 is 0 Å². The highest BCUT2D eigenvalue weighted by molar-refractivity contribution is 5.72. The molecule has 1 fully saturated rings. The second kappa shape index (κ2) is 7.48. The molecule has 6 heteroatoms. The van der Waals surface area contributed by atoms with Gasteiger partial charge in [0.15, 0.2) is 11.5 Å². The molecule has 2 aromatic carbocycles. The van der Waals surface area contributed by atoms with Crippen molar-refractivity contribution in [3.8, 4) is 17.2 Å². The quantitative estimate of drug-likeness (QED) is 0.874. The lowest BCUT2D eigenvalue weighted by molar-refractivity contribution is -0.141. The van der Waals surface area contributed by atoms with Crippen LogP contribution in [0.5, 0.6) is 17.2 Å². The van der Waals surface area contributed by atoms with Crippen LogP contribution in [0.4, 0.5) is 0 Å². The zero-order chi connectivity index (χ0) is 18.8. The lowest BCUT2D eigenvalue weighted by Crippen LogP contribution is -2.23. The number of nitrogens with zero attached hydrogens (tertiary/aromatic N) is 1. The number of carboxylic acid groups (broad SMARTS) is 1. The number of hydrogen-bond acceptors (Lipinski definition) is 5. The van der Waals surface area contributed by atoms with Crippen molar-refractivity contribution in [2.24, 2.45) is 5.92 Å². The van der Waals surface area contributed by atoms with Crippen molar-refractivity contribution in [3.63, 3.8) is 0 Å². The SMILES string of the molecule is COc1cc2c(cc1CN1C[C@H](C(=O)O)[C@@H](c3ccccc3)C1)OCCO2. The second-order valence-corrected chi connectivity index (χ2v) is 6.96. The number of carboxylic acids is 1. The van der Waals surface area contributed by atoms with E-state index in [1.807, 2.05) is 42.5 Å². The van der Waals surface area contributed by atoms with E-state index in [1.54, 1.807) is 7.11 Å². The Bertz CT molecular complexity index is 823. The van der Waals surface area contributed by atoms with E-state index in [0.29, 0.717) is 44.3 Å². The van der Waals surface area contributed by atoms with Crippen molar-refractivity contribution in [2.75, 3.05) is 33.4 Å². The Morgan fingerprint density at radius 3 is 2.52 bits per heavy atom. The standard InChI is InChI=1S/C21H23NO5/c1-25-18-10-20-19(26-7-8-27-20)9-15(18)11-22-12-16(17(13-22)21(23)24)14-5-3-2-4-6-14/h2-6,9-10,16-17H,7-8,11-13H2,1H3,(H,23,24)/t16-,17+/m1/s1. The summed E-state index contributed by atoms with van der Waals surface area (Å²) >= 11 is 0. The molecule has 1 saturated heterocycles. The molecule has 0 saturated carbocycles. The minimum atomic E-state index is -0.750. The molecule has 4 rings (SSSR count). The number of hydrogen-bond donors (Lipinski definition) is 1. The highest BCUT2D eigenvalue weighted by Gasteiger charge is 2.38. The molecule has 0 aromatic heterocycles. The van der Waals surface area contributed by atoms with Gasteiger partial charge in [-0.3, -0.25) is 9.69 Å². The second-order valence-electron chi connectivity index (χ2n) is 6.96. The largest absolute Gasteiger partial charge is 0.496 e. The monoisotopic (exact) mass is 369 g/mol. The number of likely N-dealkylation sites (tertiary alicyclic amines) is 1. The van der Waals surface area contributed by atoms with Crippen LogP contribution in [0.15, 0.2) is 42.5 Å². The van der Waals surface area contributed by atoms with Crippen LogP contribution in [0, 0.1) is 5.92 Å². The van der Waals surface area contributed by atoms with Gasteiger partial charge >= 0.3 is 5.97 Å². The number of rotatable bonds is 5. The Labute approximate surface area is 158 Å². The molecule has 0 amide bonds. The van der Waals surface area contributed by atoms with Crippen LogP contribution in [-0.2, 0) is 11.3 Å². The van der Waals surface area contributed by atoms with Gasteiger partial charge in [-0.05, 0) is 11.6 Å². The third kappa shape index (κ3) is 3.57. The average molecular weight is 369 g/mol. The van der Waals surface area contributed by atoms with Gasteiger partial charge in [0.2, 0.25) is 0 Å². The minimum Gasteiger partial charge on any atom is -0.496 e. The normalized spacial score (nSPS) is 21.8. The van der Waals surface area contributed by atoms with Crippen LogP contribution in [0.3, 0.4) is 0 Å². The molecule has 2 aromatic rings. The number of aliphatic carboxylic acids is 1. The average Bonchev–Trinajstić information content (AvgIpc) is 3.12. The molecule has 2 heterocycles. The molecular formula is C21H23NO5. The van der Waals surface area contributed by atoms with Gasteiger partial charge in [0.05, 0.1) is 13.0 Å². The number of fused-ring (bicyclic) bond motifs is 1. The van der Waals surface area contributed by atoms with Crippen LogP contribution < -0.4 is 14.2 Å². The molecule has 2 atom stereocenters. The molecule has 6 nitrogen and oxygen atoms in total. The Kier molecular flexibility index (Phi) is 4.90. The fourth-order valence-corrected chi connectivity index (χ4v) is 3.97. The maximum Gasteiger partial charge on any atom is 0.308 e. The Morgan fingerprint density at radius 1 is 1.15 bits per heavy atom. The maximum absolute atomic E-state index is 11.8. The van der Waals surface area contributed by atoms with Crippen LogP contribution in [0.25, 0.3) is 0 Å². The van der Waals surface area contributed by atoms with Crippen molar-refractivity contribution in [1.82, 2.24) is 4.90 Å². The third-order valence-electron chi connectivity index (χ3n) is 5.28. The summed E-state index contributed by atoms with van der Waals surface area (Å²) < 4.78 is 16.8. The van der Waals surface area contributed by atoms with Gasteiger partial charge in [-0.1, -0.05) is 30.3 Å². The van der Waals surface area contributed by atoms with Crippen molar-refractivity contribution in [2.45, 2.75) is 12.5 Å². The third-order valence-corrected chi connectivity index (χ3v) is 5.28. The van der Waals surface area contributed by atoms with E-state index in [-0.39, 0.29) is 5.92 Å². The first kappa shape index (κ1) is 17.7. The summed E-state index contributed by atoms with van der Waals surface area (Å²) in [5.41, 5.74) is 2.04. The van der Waals surface area contributed by atoms with Gasteiger partial charge in [-0.25, -0.2) is 0 Å². The first-order chi connectivity index (χ1) is 13.2. The smallest absolute Gasteiger partial charge is 0.308 e. The molecule has 0 aliphatic carbocycles. The van der Waals surface area contributed by atoms with Gasteiger partial charge < -0.3 is 19.3 Å². The minimum absolute atomic E-state index is 0.0214. The first-order valence-electron chi connectivity index (χ1n) is 9.12. The summed E-state index contributed by atoms with van der Waals surface area (Å²) in [5.74, 6) is 0.941. The zero-order valence-corrected chi connectivity index (χ0v) is 15.3. The summed E-state index contributed by atoms with van der Waals surface area (Å²) in [6.07, 6.45) is 0. The van der Waals surface area contributed by atoms with E-state index in [0.717, 1.165) is 16.9 Å². The van der Waals surface area contributed by atoms with Crippen LogP contribution in [0.2, 0.25) is 0 Å².